The highest BCUT2D eigenvalue weighted by atomic mass is 16.5. The molecule has 0 radical (unpaired) electrons. The molecule has 0 unspecified atom stereocenters. The number of amides is 1. The van der Waals surface area contributed by atoms with E-state index in [-0.39, 0.29) is 24.1 Å². The number of ether oxygens (including phenoxy) is 2. The van der Waals surface area contributed by atoms with E-state index in [4.69, 9.17) is 13.9 Å². The van der Waals surface area contributed by atoms with Crippen molar-refractivity contribution in [3.63, 3.8) is 0 Å². The molecule has 1 saturated carbocycles. The predicted molar refractivity (Wildman–Crippen MR) is 151 cm³/mol. The Morgan fingerprint density at radius 1 is 1.08 bits per heavy atom. The molecule has 208 valence electrons. The summed E-state index contributed by atoms with van der Waals surface area (Å²) >= 11 is 0. The number of benzene rings is 1. The lowest BCUT2D eigenvalue weighted by Crippen LogP contribution is -2.40. The SMILES string of the molecule is COc1c(OC2CCC(N(C)C)CC2)c(C)c2c(c1-c1ccoc1)CCN(Cc1c(C)cc(C)[nH]c1=O)C2=O. The van der Waals surface area contributed by atoms with Crippen molar-refractivity contribution >= 4 is 5.91 Å². The van der Waals surface area contributed by atoms with Crippen molar-refractivity contribution < 1.29 is 18.7 Å². The van der Waals surface area contributed by atoms with Crippen molar-refractivity contribution in [2.75, 3.05) is 27.7 Å². The van der Waals surface area contributed by atoms with E-state index < -0.39 is 0 Å². The number of aromatic nitrogens is 1. The summed E-state index contributed by atoms with van der Waals surface area (Å²) < 4.78 is 18.1. The molecule has 1 aliphatic carbocycles. The number of carbonyl (C=O) groups excluding carboxylic acids is 1. The lowest BCUT2D eigenvalue weighted by atomic mass is 9.86. The summed E-state index contributed by atoms with van der Waals surface area (Å²) in [6.07, 6.45) is 8.02. The lowest BCUT2D eigenvalue weighted by molar-refractivity contribution is 0.0722. The minimum absolute atomic E-state index is 0.0487. The van der Waals surface area contributed by atoms with Crippen LogP contribution in [0.1, 0.15) is 64.0 Å². The second-order valence-corrected chi connectivity index (χ2v) is 11.2. The van der Waals surface area contributed by atoms with E-state index in [1.54, 1.807) is 24.5 Å². The number of furan rings is 1. The molecule has 1 N–H and O–H groups in total. The molecule has 2 aliphatic rings. The van der Waals surface area contributed by atoms with Crippen LogP contribution in [0.15, 0.2) is 33.9 Å². The Morgan fingerprint density at radius 2 is 1.82 bits per heavy atom. The molecule has 5 rings (SSSR count). The van der Waals surface area contributed by atoms with Gasteiger partial charge in [-0.15, -0.1) is 0 Å². The number of carbonyl (C=O) groups is 1. The summed E-state index contributed by atoms with van der Waals surface area (Å²) in [7, 11) is 5.91. The van der Waals surface area contributed by atoms with Crippen LogP contribution in [0.5, 0.6) is 11.5 Å². The third-order valence-electron chi connectivity index (χ3n) is 8.40. The molecule has 0 saturated heterocycles. The molecule has 8 nitrogen and oxygen atoms in total. The Hall–Kier alpha value is -3.52. The Morgan fingerprint density at radius 3 is 2.44 bits per heavy atom. The quantitative estimate of drug-likeness (QED) is 0.459. The molecule has 3 aromatic rings. The monoisotopic (exact) mass is 533 g/mol. The molecule has 1 aliphatic heterocycles. The van der Waals surface area contributed by atoms with E-state index >= 15 is 0 Å². The van der Waals surface area contributed by atoms with Gasteiger partial charge in [0.05, 0.1) is 37.8 Å². The zero-order chi connectivity index (χ0) is 27.8. The van der Waals surface area contributed by atoms with Gasteiger partial charge in [0.25, 0.3) is 11.5 Å². The lowest BCUT2D eigenvalue weighted by Gasteiger charge is -2.35. The average molecular weight is 534 g/mol. The normalized spacial score (nSPS) is 19.4. The van der Waals surface area contributed by atoms with Crippen LogP contribution in [0.3, 0.4) is 0 Å². The highest BCUT2D eigenvalue weighted by Crippen LogP contribution is 2.48. The van der Waals surface area contributed by atoms with Crippen LogP contribution in [0.4, 0.5) is 0 Å². The fourth-order valence-electron chi connectivity index (χ4n) is 6.25. The minimum atomic E-state index is -0.144. The van der Waals surface area contributed by atoms with Gasteiger partial charge in [-0.25, -0.2) is 0 Å². The number of H-pyrrole nitrogens is 1. The second kappa shape index (κ2) is 10.9. The van der Waals surface area contributed by atoms with E-state index in [1.807, 2.05) is 32.9 Å². The zero-order valence-electron chi connectivity index (χ0n) is 23.8. The maximum atomic E-state index is 14.1. The van der Waals surface area contributed by atoms with Gasteiger partial charge in [-0.05, 0) is 90.2 Å². The Bertz CT molecular complexity index is 1420. The van der Waals surface area contributed by atoms with Crippen LogP contribution in [0.2, 0.25) is 0 Å². The fourth-order valence-corrected chi connectivity index (χ4v) is 6.25. The van der Waals surface area contributed by atoms with Crippen LogP contribution in [-0.2, 0) is 13.0 Å². The van der Waals surface area contributed by atoms with Gasteiger partial charge in [0.1, 0.15) is 0 Å². The van der Waals surface area contributed by atoms with Gasteiger partial charge in [0.2, 0.25) is 0 Å². The van der Waals surface area contributed by atoms with Crippen molar-refractivity contribution in [3.05, 3.63) is 68.5 Å². The standard InChI is InChI=1S/C31H39N3O5/c1-18-15-19(2)32-30(35)25(18)16-34-13-11-24-26(31(34)36)20(3)28(29(37-6)27(24)21-12-14-38-17-21)39-23-9-7-22(8-10-23)33(4)5/h12,14-15,17,22-23H,7-11,13,16H2,1-6H3,(H,32,35). The number of rotatable bonds is 7. The van der Waals surface area contributed by atoms with Crippen molar-refractivity contribution in [2.45, 2.75) is 71.6 Å². The van der Waals surface area contributed by atoms with E-state index in [2.05, 4.69) is 24.0 Å². The third kappa shape index (κ3) is 5.10. The molecular formula is C31H39N3O5. The number of pyridine rings is 1. The van der Waals surface area contributed by atoms with E-state index in [0.717, 1.165) is 59.2 Å². The average Bonchev–Trinajstić information content (AvgIpc) is 3.43. The predicted octanol–water partition coefficient (Wildman–Crippen LogP) is 5.02. The van der Waals surface area contributed by atoms with Crippen LogP contribution in [-0.4, -0.2) is 60.6 Å². The summed E-state index contributed by atoms with van der Waals surface area (Å²) in [6.45, 7) is 6.50. The van der Waals surface area contributed by atoms with E-state index in [9.17, 15) is 9.59 Å². The number of nitrogens with one attached hydrogen (secondary N) is 1. The number of nitrogens with zero attached hydrogens (tertiary/aromatic N) is 2. The van der Waals surface area contributed by atoms with Crippen LogP contribution in [0, 0.1) is 20.8 Å². The number of aromatic amines is 1. The Kier molecular flexibility index (Phi) is 7.58. The van der Waals surface area contributed by atoms with Gasteiger partial charge < -0.3 is 28.7 Å². The Balaban J connectivity index is 1.56. The second-order valence-electron chi connectivity index (χ2n) is 11.2. The topological polar surface area (TPSA) is 88.0 Å². The summed E-state index contributed by atoms with van der Waals surface area (Å²) in [4.78, 5) is 33.8. The smallest absolute Gasteiger partial charge is 0.254 e. The van der Waals surface area contributed by atoms with Gasteiger partial charge in [0.15, 0.2) is 11.5 Å². The van der Waals surface area contributed by atoms with Crippen LogP contribution >= 0.6 is 0 Å². The maximum absolute atomic E-state index is 14.1. The number of fused-ring (bicyclic) bond motifs is 1. The summed E-state index contributed by atoms with van der Waals surface area (Å²) in [5, 5.41) is 0. The molecule has 0 bridgehead atoms. The maximum Gasteiger partial charge on any atom is 0.254 e. The van der Waals surface area contributed by atoms with Crippen LogP contribution < -0.4 is 15.0 Å². The molecular weight excluding hydrogens is 494 g/mol. The highest BCUT2D eigenvalue weighted by molar-refractivity contribution is 6.02. The molecule has 0 spiro atoms. The number of hydrogen-bond donors (Lipinski definition) is 1. The van der Waals surface area contributed by atoms with Crippen molar-refractivity contribution in [1.29, 1.82) is 0 Å². The van der Waals surface area contributed by atoms with Crippen molar-refractivity contribution in [1.82, 2.24) is 14.8 Å². The van der Waals surface area contributed by atoms with E-state index in [0.29, 0.717) is 41.6 Å². The molecule has 3 heterocycles. The molecule has 39 heavy (non-hydrogen) atoms. The minimum Gasteiger partial charge on any atom is -0.492 e. The van der Waals surface area contributed by atoms with Gasteiger partial charge >= 0.3 is 0 Å². The highest BCUT2D eigenvalue weighted by Gasteiger charge is 2.35. The summed E-state index contributed by atoms with van der Waals surface area (Å²) in [5.41, 5.74) is 6.23. The number of aryl methyl sites for hydroxylation is 2. The largest absolute Gasteiger partial charge is 0.492 e. The van der Waals surface area contributed by atoms with E-state index in [1.165, 1.54) is 0 Å². The van der Waals surface area contributed by atoms with Gasteiger partial charge in [-0.2, -0.15) is 0 Å². The first-order valence-electron chi connectivity index (χ1n) is 13.8. The Labute approximate surface area is 229 Å². The fraction of sp³-hybridized carbons (Fsp3) is 0.484. The molecule has 0 atom stereocenters. The van der Waals surface area contributed by atoms with Gasteiger partial charge in [-0.1, -0.05) is 0 Å². The van der Waals surface area contributed by atoms with Crippen molar-refractivity contribution in [2.24, 2.45) is 0 Å². The molecule has 2 aromatic heterocycles. The van der Waals surface area contributed by atoms with Gasteiger partial charge in [-0.3, -0.25) is 9.59 Å². The molecule has 1 fully saturated rings. The van der Waals surface area contributed by atoms with Gasteiger partial charge in [0, 0.05) is 40.5 Å². The number of methoxy groups -OCH3 is 1. The molecule has 1 aromatic carbocycles. The zero-order valence-corrected chi connectivity index (χ0v) is 23.8. The molecule has 1 amide bonds. The first kappa shape index (κ1) is 27.1. The summed E-state index contributed by atoms with van der Waals surface area (Å²) in [6, 6.07) is 4.40. The first-order chi connectivity index (χ1) is 18.7. The summed E-state index contributed by atoms with van der Waals surface area (Å²) in [5.74, 6) is 1.18. The van der Waals surface area contributed by atoms with Crippen molar-refractivity contribution in [3.8, 4) is 22.6 Å². The molecule has 8 heteroatoms. The van der Waals surface area contributed by atoms with Crippen LogP contribution in [0.25, 0.3) is 11.1 Å². The first-order valence-corrected chi connectivity index (χ1v) is 13.8. The number of hydrogen-bond acceptors (Lipinski definition) is 6. The third-order valence-corrected chi connectivity index (χ3v) is 8.40.